The maximum Gasteiger partial charge on any atom is 0.362 e. The van der Waals surface area contributed by atoms with Crippen LogP contribution in [0.5, 0.6) is 0 Å². The van der Waals surface area contributed by atoms with Crippen LogP contribution in [0, 0.1) is 0 Å². The van der Waals surface area contributed by atoms with E-state index in [0.29, 0.717) is 19.3 Å². The van der Waals surface area contributed by atoms with Gasteiger partial charge in [0.15, 0.2) is 12.1 Å². The van der Waals surface area contributed by atoms with Crippen molar-refractivity contribution in [1.82, 2.24) is 0 Å². The predicted octanol–water partition coefficient (Wildman–Crippen LogP) is 11.7. The number of ether oxygens (including phenoxy) is 3. The molecule has 0 bridgehead atoms. The molecule has 0 heterocycles. The van der Waals surface area contributed by atoms with E-state index in [1.54, 1.807) is 0 Å². The van der Waals surface area contributed by atoms with Crippen molar-refractivity contribution in [3.63, 3.8) is 0 Å². The molecule has 0 aromatic rings. The Balaban J connectivity index is 4.14. The summed E-state index contributed by atoms with van der Waals surface area (Å²) in [6, 6.07) is -0.609. The first kappa shape index (κ1) is 50.8. The normalized spacial score (nSPS) is 13.2. The molecule has 0 amide bonds. The Kier molecular flexibility index (Phi) is 35.2. The molecule has 0 spiro atoms. The van der Waals surface area contributed by atoms with E-state index >= 15 is 0 Å². The SMILES string of the molecule is CC/C=C/C/C=C/CCCCCCCCCCCCCCCCC(=O)OCC(COCCC(C(=O)O)[N+](C)(C)C)OC(=O)CCCCCCCCCC. The number of nitrogens with zero attached hydrogens (tertiary/aromatic N) is 1. The first-order valence-electron chi connectivity index (χ1n) is 21.9. The molecule has 0 radical (unpaired) electrons. The zero-order valence-electron chi connectivity index (χ0n) is 35.2. The lowest BCUT2D eigenvalue weighted by Crippen LogP contribution is -2.50. The maximum atomic E-state index is 12.6. The average Bonchev–Trinajstić information content (AvgIpc) is 3.11. The minimum atomic E-state index is -0.874. The third kappa shape index (κ3) is 35.3. The van der Waals surface area contributed by atoms with E-state index in [1.807, 2.05) is 21.1 Å². The van der Waals surface area contributed by atoms with Gasteiger partial charge >= 0.3 is 17.9 Å². The van der Waals surface area contributed by atoms with Crippen molar-refractivity contribution in [1.29, 1.82) is 0 Å². The van der Waals surface area contributed by atoms with Gasteiger partial charge in [0.1, 0.15) is 6.61 Å². The van der Waals surface area contributed by atoms with Gasteiger partial charge in [0.25, 0.3) is 0 Å². The lowest BCUT2D eigenvalue weighted by atomic mass is 10.0. The second-order valence-electron chi connectivity index (χ2n) is 15.9. The second kappa shape index (κ2) is 36.8. The van der Waals surface area contributed by atoms with E-state index in [2.05, 4.69) is 38.2 Å². The fraction of sp³-hybridized carbons (Fsp3) is 0.844. The molecule has 0 aliphatic heterocycles. The zero-order valence-corrected chi connectivity index (χ0v) is 35.2. The van der Waals surface area contributed by atoms with Crippen molar-refractivity contribution in [3.8, 4) is 0 Å². The van der Waals surface area contributed by atoms with Gasteiger partial charge in [-0.25, -0.2) is 4.79 Å². The van der Waals surface area contributed by atoms with Crippen LogP contribution in [0.4, 0.5) is 0 Å². The van der Waals surface area contributed by atoms with Gasteiger partial charge in [-0.05, 0) is 38.5 Å². The number of esters is 2. The monoisotopic (exact) mass is 751 g/mol. The summed E-state index contributed by atoms with van der Waals surface area (Å²) in [5.74, 6) is -1.46. The summed E-state index contributed by atoms with van der Waals surface area (Å²) in [6.45, 7) is 4.62. The second-order valence-corrected chi connectivity index (χ2v) is 15.9. The lowest BCUT2D eigenvalue weighted by molar-refractivity contribution is -0.887. The lowest BCUT2D eigenvalue weighted by Gasteiger charge is -2.31. The third-order valence-corrected chi connectivity index (χ3v) is 9.87. The number of allylic oxidation sites excluding steroid dienone is 4. The number of carboxylic acids is 1. The van der Waals surface area contributed by atoms with Crippen molar-refractivity contribution >= 4 is 17.9 Å². The van der Waals surface area contributed by atoms with E-state index in [-0.39, 0.29) is 36.2 Å². The van der Waals surface area contributed by atoms with Gasteiger partial charge in [0, 0.05) is 19.3 Å². The van der Waals surface area contributed by atoms with Crippen LogP contribution < -0.4 is 0 Å². The molecule has 0 saturated heterocycles. The highest BCUT2D eigenvalue weighted by molar-refractivity contribution is 5.72. The molecule has 0 aliphatic rings. The van der Waals surface area contributed by atoms with E-state index in [1.165, 1.54) is 109 Å². The first-order chi connectivity index (χ1) is 25.6. The van der Waals surface area contributed by atoms with Gasteiger partial charge in [-0.15, -0.1) is 0 Å². The van der Waals surface area contributed by atoms with Crippen molar-refractivity contribution in [3.05, 3.63) is 24.3 Å². The minimum absolute atomic E-state index is 0.0469. The maximum absolute atomic E-state index is 12.6. The molecule has 2 atom stereocenters. The average molecular weight is 751 g/mol. The Morgan fingerprint density at radius 1 is 0.585 bits per heavy atom. The molecule has 8 nitrogen and oxygen atoms in total. The minimum Gasteiger partial charge on any atom is -0.477 e. The number of carbonyl (C=O) groups excluding carboxylic acids is 2. The summed E-state index contributed by atoms with van der Waals surface area (Å²) in [7, 11) is 5.52. The molecule has 0 aromatic carbocycles. The standard InChI is InChI=1S/C45H83NO7/c1-6-8-10-12-14-16-17-18-19-20-21-22-23-24-25-26-27-28-30-31-33-35-43(47)52-40-41(39-51-38-37-42(45(49)50)46(3,4)5)53-44(48)36-34-32-29-15-13-11-9-7-2/h8,10,14,16,41-42H,6-7,9,11-13,15,17-40H2,1-5H3/p+1/b10-8+,16-14+. The van der Waals surface area contributed by atoms with E-state index < -0.39 is 18.1 Å². The number of hydrogen-bond acceptors (Lipinski definition) is 6. The Bertz CT molecular complexity index is 926. The summed E-state index contributed by atoms with van der Waals surface area (Å²) in [5, 5.41) is 9.59. The Labute approximate surface area is 326 Å². The number of rotatable bonds is 39. The predicted molar refractivity (Wildman–Crippen MR) is 220 cm³/mol. The van der Waals surface area contributed by atoms with Crippen molar-refractivity contribution < 1.29 is 38.2 Å². The smallest absolute Gasteiger partial charge is 0.362 e. The molecule has 53 heavy (non-hydrogen) atoms. The number of unbranched alkanes of at least 4 members (excludes halogenated alkanes) is 21. The summed E-state index contributed by atoms with van der Waals surface area (Å²) in [4.78, 5) is 36.8. The van der Waals surface area contributed by atoms with Crippen LogP contribution in [0.3, 0.4) is 0 Å². The van der Waals surface area contributed by atoms with Crippen molar-refractivity contribution in [2.45, 2.75) is 206 Å². The summed E-state index contributed by atoms with van der Waals surface area (Å²) < 4.78 is 17.2. The molecule has 1 N–H and O–H groups in total. The molecule has 0 rings (SSSR count). The van der Waals surface area contributed by atoms with Crippen LogP contribution in [0.25, 0.3) is 0 Å². The number of likely N-dealkylation sites (N-methyl/N-ethyl adjacent to an activating group) is 1. The van der Waals surface area contributed by atoms with E-state index in [9.17, 15) is 19.5 Å². The highest BCUT2D eigenvalue weighted by Gasteiger charge is 2.31. The van der Waals surface area contributed by atoms with Crippen LogP contribution in [-0.2, 0) is 28.6 Å². The van der Waals surface area contributed by atoms with Crippen LogP contribution in [-0.4, -0.2) is 80.6 Å². The fourth-order valence-electron chi connectivity index (χ4n) is 6.48. The zero-order chi connectivity index (χ0) is 39.3. The summed E-state index contributed by atoms with van der Waals surface area (Å²) in [5.41, 5.74) is 0. The number of carboxylic acid groups (broad SMARTS) is 1. The summed E-state index contributed by atoms with van der Waals surface area (Å²) >= 11 is 0. The molecule has 310 valence electrons. The topological polar surface area (TPSA) is 99.1 Å². The number of aliphatic carboxylic acids is 1. The highest BCUT2D eigenvalue weighted by Crippen LogP contribution is 2.15. The number of carbonyl (C=O) groups is 3. The highest BCUT2D eigenvalue weighted by atomic mass is 16.6. The third-order valence-electron chi connectivity index (χ3n) is 9.87. The molecule has 2 unspecified atom stereocenters. The number of quaternary nitrogens is 1. The van der Waals surface area contributed by atoms with Gasteiger partial charge < -0.3 is 23.8 Å². The first-order valence-corrected chi connectivity index (χ1v) is 21.9. The molecule has 0 saturated carbocycles. The van der Waals surface area contributed by atoms with Crippen LogP contribution in [0.2, 0.25) is 0 Å². The molecule has 8 heteroatoms. The Hall–Kier alpha value is -2.19. The largest absolute Gasteiger partial charge is 0.477 e. The van der Waals surface area contributed by atoms with Crippen molar-refractivity contribution in [2.24, 2.45) is 0 Å². The Morgan fingerprint density at radius 3 is 1.55 bits per heavy atom. The van der Waals surface area contributed by atoms with Crippen LogP contribution in [0.15, 0.2) is 24.3 Å². The van der Waals surface area contributed by atoms with Crippen molar-refractivity contribution in [2.75, 3.05) is 41.0 Å². The van der Waals surface area contributed by atoms with Gasteiger partial charge in [0.05, 0.1) is 34.4 Å². The molecule has 0 aliphatic carbocycles. The molecular formula is C45H84NO7+. The van der Waals surface area contributed by atoms with Crippen LogP contribution in [0.1, 0.15) is 194 Å². The summed E-state index contributed by atoms with van der Waals surface area (Å²) in [6.07, 6.45) is 39.5. The molecule has 0 aromatic heterocycles. The van der Waals surface area contributed by atoms with E-state index in [4.69, 9.17) is 14.2 Å². The van der Waals surface area contributed by atoms with Crippen LogP contribution >= 0.6 is 0 Å². The number of hydrogen-bond donors (Lipinski definition) is 1. The van der Waals surface area contributed by atoms with Gasteiger partial charge in [-0.3, -0.25) is 9.59 Å². The van der Waals surface area contributed by atoms with E-state index in [0.717, 1.165) is 51.4 Å². The quantitative estimate of drug-likeness (QED) is 0.0289. The molecular weight excluding hydrogens is 666 g/mol. The van der Waals surface area contributed by atoms with Gasteiger partial charge in [-0.2, -0.15) is 0 Å². The Morgan fingerprint density at radius 2 is 1.06 bits per heavy atom. The molecule has 0 fully saturated rings. The van der Waals surface area contributed by atoms with Gasteiger partial charge in [-0.1, -0.05) is 160 Å². The fourth-order valence-corrected chi connectivity index (χ4v) is 6.48. The van der Waals surface area contributed by atoms with Gasteiger partial charge in [0.2, 0.25) is 0 Å².